The lowest BCUT2D eigenvalue weighted by atomic mass is 10.1. The van der Waals surface area contributed by atoms with Crippen LogP contribution in [0.15, 0.2) is 23.1 Å². The fourth-order valence-electron chi connectivity index (χ4n) is 4.24. The highest BCUT2D eigenvalue weighted by Gasteiger charge is 2.31. The highest BCUT2D eigenvalue weighted by molar-refractivity contribution is 7.89. The molecule has 1 aliphatic carbocycles. The Morgan fingerprint density at radius 3 is 2.53 bits per heavy atom. The van der Waals surface area contributed by atoms with Crippen molar-refractivity contribution in [3.05, 3.63) is 44.5 Å². The number of nitrogens with zero attached hydrogens (tertiary/aromatic N) is 4. The first-order valence-electron chi connectivity index (χ1n) is 9.83. The Bertz CT molecular complexity index is 1250. The summed E-state index contributed by atoms with van der Waals surface area (Å²) in [5.74, 6) is 1.70. The Balaban J connectivity index is 1.42. The molecule has 0 bridgehead atoms. The molecule has 1 saturated heterocycles. The zero-order chi connectivity index (χ0) is 21.0. The van der Waals surface area contributed by atoms with E-state index in [0.717, 1.165) is 29.3 Å². The molecule has 3 heterocycles. The number of aryl methyl sites for hydroxylation is 3. The van der Waals surface area contributed by atoms with Crippen molar-refractivity contribution in [2.24, 2.45) is 0 Å². The largest absolute Gasteiger partial charge is 0.353 e. The maximum Gasteiger partial charge on any atom is 0.243 e. The molecule has 0 radical (unpaired) electrons. The second-order valence-corrected chi connectivity index (χ2v) is 11.4. The predicted molar refractivity (Wildman–Crippen MR) is 122 cm³/mol. The number of halogens is 2. The summed E-state index contributed by atoms with van der Waals surface area (Å²) in [6.07, 6.45) is 3.37. The average molecular weight is 483 g/mol. The Hall–Kier alpha value is -1.45. The van der Waals surface area contributed by atoms with Crippen LogP contribution in [0.25, 0.3) is 10.2 Å². The topological polar surface area (TPSA) is 66.4 Å². The van der Waals surface area contributed by atoms with Crippen LogP contribution in [0.2, 0.25) is 10.0 Å². The maximum atomic E-state index is 13.1. The first kappa shape index (κ1) is 20.5. The molecule has 2 aliphatic rings. The van der Waals surface area contributed by atoms with Crippen molar-refractivity contribution in [2.75, 3.05) is 31.1 Å². The van der Waals surface area contributed by atoms with Crippen LogP contribution in [-0.4, -0.2) is 48.9 Å². The highest BCUT2D eigenvalue weighted by Crippen LogP contribution is 2.41. The van der Waals surface area contributed by atoms with E-state index in [0.29, 0.717) is 31.2 Å². The molecular formula is C20H20Cl2N4O2S2. The molecule has 1 aromatic carbocycles. The van der Waals surface area contributed by atoms with E-state index in [1.807, 2.05) is 6.92 Å². The smallest absolute Gasteiger partial charge is 0.243 e. The van der Waals surface area contributed by atoms with Crippen LogP contribution in [-0.2, 0) is 22.9 Å². The van der Waals surface area contributed by atoms with E-state index in [1.165, 1.54) is 44.8 Å². The summed E-state index contributed by atoms with van der Waals surface area (Å²) in [7, 11) is -3.62. The number of benzene rings is 1. The van der Waals surface area contributed by atoms with Gasteiger partial charge in [-0.25, -0.2) is 18.4 Å². The van der Waals surface area contributed by atoms with Gasteiger partial charge < -0.3 is 4.90 Å². The Kier molecular flexibility index (Phi) is 5.18. The van der Waals surface area contributed by atoms with Gasteiger partial charge in [0.05, 0.1) is 20.3 Å². The molecule has 0 unspecified atom stereocenters. The molecule has 1 fully saturated rings. The van der Waals surface area contributed by atoms with Crippen molar-refractivity contribution in [1.82, 2.24) is 14.3 Å². The minimum absolute atomic E-state index is 0.168. The Morgan fingerprint density at radius 1 is 1.03 bits per heavy atom. The van der Waals surface area contributed by atoms with Gasteiger partial charge in [-0.1, -0.05) is 23.2 Å². The van der Waals surface area contributed by atoms with Crippen LogP contribution in [0.4, 0.5) is 5.82 Å². The Morgan fingerprint density at radius 2 is 1.80 bits per heavy atom. The third-order valence-corrected chi connectivity index (χ3v) is 9.54. The van der Waals surface area contributed by atoms with Crippen LogP contribution in [0.1, 0.15) is 22.7 Å². The summed E-state index contributed by atoms with van der Waals surface area (Å²) in [5.41, 5.74) is 1.39. The number of anilines is 1. The van der Waals surface area contributed by atoms with Crippen molar-refractivity contribution in [3.63, 3.8) is 0 Å². The van der Waals surface area contributed by atoms with Gasteiger partial charge >= 0.3 is 0 Å². The normalized spacial score (nSPS) is 17.6. The minimum Gasteiger partial charge on any atom is -0.353 e. The van der Waals surface area contributed by atoms with Crippen molar-refractivity contribution >= 4 is 60.6 Å². The summed E-state index contributed by atoms with van der Waals surface area (Å²) < 4.78 is 27.6. The zero-order valence-corrected chi connectivity index (χ0v) is 19.5. The quantitative estimate of drug-likeness (QED) is 0.556. The number of sulfonamides is 1. The van der Waals surface area contributed by atoms with Gasteiger partial charge in [0.2, 0.25) is 10.0 Å². The van der Waals surface area contributed by atoms with E-state index in [-0.39, 0.29) is 9.92 Å². The van der Waals surface area contributed by atoms with Crippen LogP contribution < -0.4 is 4.90 Å². The molecule has 10 heteroatoms. The van der Waals surface area contributed by atoms with Crippen LogP contribution in [0.5, 0.6) is 0 Å². The third kappa shape index (κ3) is 3.39. The van der Waals surface area contributed by atoms with Gasteiger partial charge in [0.1, 0.15) is 16.5 Å². The van der Waals surface area contributed by atoms with Gasteiger partial charge in [0, 0.05) is 31.1 Å². The van der Waals surface area contributed by atoms with E-state index in [1.54, 1.807) is 11.3 Å². The predicted octanol–water partition coefficient (Wildman–Crippen LogP) is 4.31. The van der Waals surface area contributed by atoms with Gasteiger partial charge in [-0.05, 0) is 49.9 Å². The third-order valence-electron chi connectivity index (χ3n) is 5.72. The highest BCUT2D eigenvalue weighted by atomic mass is 35.5. The molecule has 1 aliphatic heterocycles. The van der Waals surface area contributed by atoms with Gasteiger partial charge in [0.15, 0.2) is 0 Å². The van der Waals surface area contributed by atoms with Gasteiger partial charge in [-0.3, -0.25) is 0 Å². The van der Waals surface area contributed by atoms with Crippen LogP contribution >= 0.6 is 34.5 Å². The SMILES string of the molecule is Cc1nc(N2CCN(S(=O)(=O)c3ccc(Cl)c(Cl)c3)CC2)c2c3c(sc2n1)CCC3. The monoisotopic (exact) mass is 482 g/mol. The van der Waals surface area contributed by atoms with Crippen molar-refractivity contribution in [1.29, 1.82) is 0 Å². The van der Waals surface area contributed by atoms with Crippen molar-refractivity contribution in [2.45, 2.75) is 31.1 Å². The molecule has 30 heavy (non-hydrogen) atoms. The number of hydrogen-bond donors (Lipinski definition) is 0. The van der Waals surface area contributed by atoms with Crippen LogP contribution in [0.3, 0.4) is 0 Å². The zero-order valence-electron chi connectivity index (χ0n) is 16.4. The van der Waals surface area contributed by atoms with E-state index in [4.69, 9.17) is 28.2 Å². The molecule has 0 spiro atoms. The molecule has 2 aromatic heterocycles. The number of thiophene rings is 1. The molecule has 0 N–H and O–H groups in total. The lowest BCUT2D eigenvalue weighted by Crippen LogP contribution is -2.49. The van der Waals surface area contributed by atoms with Crippen molar-refractivity contribution in [3.8, 4) is 0 Å². The Labute approximate surface area is 189 Å². The number of aromatic nitrogens is 2. The van der Waals surface area contributed by atoms with Crippen molar-refractivity contribution < 1.29 is 8.42 Å². The summed E-state index contributed by atoms with van der Waals surface area (Å²) in [4.78, 5) is 14.3. The summed E-state index contributed by atoms with van der Waals surface area (Å²) in [6.45, 7) is 3.85. The second-order valence-electron chi connectivity index (χ2n) is 7.60. The van der Waals surface area contributed by atoms with E-state index in [9.17, 15) is 8.42 Å². The first-order valence-corrected chi connectivity index (χ1v) is 12.8. The maximum absolute atomic E-state index is 13.1. The number of rotatable bonds is 3. The minimum atomic E-state index is -3.62. The lowest BCUT2D eigenvalue weighted by molar-refractivity contribution is 0.384. The molecule has 0 amide bonds. The summed E-state index contributed by atoms with van der Waals surface area (Å²) in [5, 5.41) is 1.74. The lowest BCUT2D eigenvalue weighted by Gasteiger charge is -2.35. The fourth-order valence-corrected chi connectivity index (χ4v) is 7.35. The second kappa shape index (κ2) is 7.60. The number of fused-ring (bicyclic) bond motifs is 3. The summed E-state index contributed by atoms with van der Waals surface area (Å²) in [6, 6.07) is 4.43. The molecular weight excluding hydrogens is 463 g/mol. The molecule has 158 valence electrons. The fraction of sp³-hybridized carbons (Fsp3) is 0.400. The molecule has 0 saturated carbocycles. The number of hydrogen-bond acceptors (Lipinski definition) is 6. The molecule has 0 atom stereocenters. The van der Waals surface area contributed by atoms with E-state index >= 15 is 0 Å². The molecule has 6 nitrogen and oxygen atoms in total. The van der Waals surface area contributed by atoms with Crippen LogP contribution in [0, 0.1) is 6.92 Å². The van der Waals surface area contributed by atoms with E-state index in [2.05, 4.69) is 9.88 Å². The average Bonchev–Trinajstić information content (AvgIpc) is 3.30. The number of piperazine rings is 1. The van der Waals surface area contributed by atoms with Gasteiger partial charge in [-0.15, -0.1) is 11.3 Å². The molecule has 3 aromatic rings. The first-order chi connectivity index (χ1) is 14.3. The van der Waals surface area contributed by atoms with E-state index < -0.39 is 10.0 Å². The van der Waals surface area contributed by atoms with Gasteiger partial charge in [0.25, 0.3) is 0 Å². The summed E-state index contributed by atoms with van der Waals surface area (Å²) >= 11 is 13.7. The standard InChI is InChI=1S/C20H20Cl2N4O2S2/c1-12-23-19(18-14-3-2-4-17(14)29-20(18)24-12)25-7-9-26(10-8-25)30(27,28)13-5-6-15(21)16(22)11-13/h5-6,11H,2-4,7-10H2,1H3. The van der Waals surface area contributed by atoms with Gasteiger partial charge in [-0.2, -0.15) is 4.31 Å². The molecule has 5 rings (SSSR count).